The molecule has 0 radical (unpaired) electrons. The maximum absolute atomic E-state index is 10.4. The molecule has 0 aliphatic heterocycles. The first-order valence-electron chi connectivity index (χ1n) is 5.81. The number of aliphatic hydroxyl groups is 1. The highest BCUT2D eigenvalue weighted by Crippen LogP contribution is 2.61. The van der Waals surface area contributed by atoms with Gasteiger partial charge in [-0.2, -0.15) is 0 Å². The van der Waals surface area contributed by atoms with Crippen molar-refractivity contribution >= 4 is 38.9 Å². The van der Waals surface area contributed by atoms with E-state index in [9.17, 15) is 5.11 Å². The van der Waals surface area contributed by atoms with Crippen molar-refractivity contribution in [1.82, 2.24) is 0 Å². The predicted molar refractivity (Wildman–Crippen MR) is 70.9 cm³/mol. The summed E-state index contributed by atoms with van der Waals surface area (Å²) in [7, 11) is 0. The fraction of sp³-hybridized carbons (Fsp3) is 0.667. The zero-order valence-electron chi connectivity index (χ0n) is 8.83. The Labute approximate surface area is 113 Å². The Morgan fingerprint density at radius 3 is 2.50 bits per heavy atom. The van der Waals surface area contributed by atoms with E-state index in [1.807, 2.05) is 6.07 Å². The quantitative estimate of drug-likeness (QED) is 0.841. The molecule has 88 valence electrons. The monoisotopic (exact) mass is 320 g/mol. The van der Waals surface area contributed by atoms with Gasteiger partial charge >= 0.3 is 0 Å². The summed E-state index contributed by atoms with van der Waals surface area (Å²) in [6.45, 7) is 0. The molecule has 0 aromatic carbocycles. The van der Waals surface area contributed by atoms with Crippen LogP contribution in [0.2, 0.25) is 5.02 Å². The van der Waals surface area contributed by atoms with Crippen LogP contribution in [-0.2, 0) is 0 Å². The van der Waals surface area contributed by atoms with Gasteiger partial charge in [-0.15, -0.1) is 11.3 Å². The summed E-state index contributed by atoms with van der Waals surface area (Å²) < 4.78 is 0.937. The van der Waals surface area contributed by atoms with Crippen LogP contribution in [0.3, 0.4) is 0 Å². The summed E-state index contributed by atoms with van der Waals surface area (Å²) >= 11 is 11.0. The zero-order chi connectivity index (χ0) is 11.3. The number of aliphatic hydroxyl groups excluding tert-OH is 1. The Hall–Kier alpha value is 0.430. The van der Waals surface area contributed by atoms with E-state index < -0.39 is 0 Å². The van der Waals surface area contributed by atoms with Gasteiger partial charge in [0.2, 0.25) is 0 Å². The van der Waals surface area contributed by atoms with Crippen LogP contribution in [0.5, 0.6) is 0 Å². The summed E-state index contributed by atoms with van der Waals surface area (Å²) in [6.07, 6.45) is 5.03. The lowest BCUT2D eigenvalue weighted by Crippen LogP contribution is -1.99. The minimum absolute atomic E-state index is 0.290. The van der Waals surface area contributed by atoms with Gasteiger partial charge in [0.1, 0.15) is 0 Å². The van der Waals surface area contributed by atoms with E-state index in [0.717, 1.165) is 25.5 Å². The Kier molecular flexibility index (Phi) is 3.07. The Morgan fingerprint density at radius 1 is 1.38 bits per heavy atom. The van der Waals surface area contributed by atoms with Crippen LogP contribution in [-0.4, -0.2) is 5.11 Å². The van der Waals surface area contributed by atoms with Crippen molar-refractivity contribution in [2.75, 3.05) is 0 Å². The van der Waals surface area contributed by atoms with Gasteiger partial charge in [-0.05, 0) is 52.6 Å². The highest BCUT2D eigenvalue weighted by atomic mass is 79.9. The maximum Gasteiger partial charge on any atom is 0.0916 e. The van der Waals surface area contributed by atoms with E-state index in [-0.39, 0.29) is 6.10 Å². The number of hydrogen-bond donors (Lipinski definition) is 1. The summed E-state index contributed by atoms with van der Waals surface area (Å²) in [6, 6.07) is 1.91. The SMILES string of the molecule is OC(c1cc(Cl)c(Br)s1)C1C2CCCCC21. The minimum atomic E-state index is -0.290. The molecule has 1 nitrogen and oxygen atoms in total. The standard InChI is InChI=1S/C12H14BrClOS/c13-12-8(14)5-9(16-12)11(15)10-6-3-1-2-4-7(6)10/h5-7,10-11,15H,1-4H2. The molecule has 2 saturated carbocycles. The first kappa shape index (κ1) is 11.5. The van der Waals surface area contributed by atoms with Crippen molar-refractivity contribution in [3.8, 4) is 0 Å². The molecule has 0 saturated heterocycles. The fourth-order valence-electron chi connectivity index (χ4n) is 3.21. The van der Waals surface area contributed by atoms with Gasteiger partial charge in [0.15, 0.2) is 0 Å². The average Bonchev–Trinajstić information content (AvgIpc) is 2.91. The van der Waals surface area contributed by atoms with Crippen LogP contribution in [0, 0.1) is 17.8 Å². The van der Waals surface area contributed by atoms with Crippen LogP contribution in [0.15, 0.2) is 9.85 Å². The van der Waals surface area contributed by atoms with E-state index in [4.69, 9.17) is 11.6 Å². The average molecular weight is 322 g/mol. The van der Waals surface area contributed by atoms with Gasteiger partial charge in [-0.1, -0.05) is 24.4 Å². The molecule has 1 aromatic rings. The normalized spacial score (nSPS) is 34.6. The molecule has 0 bridgehead atoms. The fourth-order valence-corrected chi connectivity index (χ4v) is 5.01. The predicted octanol–water partition coefficient (Wildman–Crippen LogP) is 4.63. The van der Waals surface area contributed by atoms with Gasteiger partial charge in [-0.25, -0.2) is 0 Å². The maximum atomic E-state index is 10.4. The molecule has 4 heteroatoms. The summed E-state index contributed by atoms with van der Waals surface area (Å²) in [5.74, 6) is 2.07. The van der Waals surface area contributed by atoms with Gasteiger partial charge in [0.05, 0.1) is 14.9 Å². The highest BCUT2D eigenvalue weighted by Gasteiger charge is 2.54. The van der Waals surface area contributed by atoms with Gasteiger partial charge in [-0.3, -0.25) is 0 Å². The van der Waals surface area contributed by atoms with Crippen LogP contribution >= 0.6 is 38.9 Å². The van der Waals surface area contributed by atoms with Crippen molar-refractivity contribution in [1.29, 1.82) is 0 Å². The second-order valence-corrected chi connectivity index (χ2v) is 7.71. The molecule has 1 N–H and O–H groups in total. The third-order valence-corrected chi connectivity index (χ3v) is 6.59. The topological polar surface area (TPSA) is 20.2 Å². The Morgan fingerprint density at radius 2 is 2.00 bits per heavy atom. The zero-order valence-corrected chi connectivity index (χ0v) is 12.0. The van der Waals surface area contributed by atoms with Crippen molar-refractivity contribution in [3.05, 3.63) is 19.8 Å². The van der Waals surface area contributed by atoms with Gasteiger partial charge < -0.3 is 5.11 Å². The third-order valence-electron chi connectivity index (χ3n) is 4.04. The molecule has 0 amide bonds. The van der Waals surface area contributed by atoms with E-state index in [1.165, 1.54) is 25.7 Å². The first-order valence-corrected chi connectivity index (χ1v) is 7.80. The summed E-state index contributed by atoms with van der Waals surface area (Å²) in [5, 5.41) is 11.1. The molecule has 3 unspecified atom stereocenters. The van der Waals surface area contributed by atoms with Crippen LogP contribution < -0.4 is 0 Å². The van der Waals surface area contributed by atoms with Crippen LogP contribution in [0.1, 0.15) is 36.7 Å². The molecular weight excluding hydrogens is 308 g/mol. The minimum Gasteiger partial charge on any atom is -0.387 e. The van der Waals surface area contributed by atoms with Crippen LogP contribution in [0.4, 0.5) is 0 Å². The molecule has 3 atom stereocenters. The molecule has 16 heavy (non-hydrogen) atoms. The lowest BCUT2D eigenvalue weighted by Gasteiger charge is -2.06. The van der Waals surface area contributed by atoms with Crippen molar-refractivity contribution < 1.29 is 5.11 Å². The smallest absolute Gasteiger partial charge is 0.0916 e. The number of thiophene rings is 1. The molecule has 1 aromatic heterocycles. The van der Waals surface area contributed by atoms with Gasteiger partial charge in [0.25, 0.3) is 0 Å². The largest absolute Gasteiger partial charge is 0.387 e. The number of fused-ring (bicyclic) bond motifs is 1. The number of hydrogen-bond acceptors (Lipinski definition) is 2. The summed E-state index contributed by atoms with van der Waals surface area (Å²) in [5.41, 5.74) is 0. The van der Waals surface area contributed by atoms with E-state index in [0.29, 0.717) is 5.92 Å². The summed E-state index contributed by atoms with van der Waals surface area (Å²) in [4.78, 5) is 1.02. The second kappa shape index (κ2) is 4.27. The molecule has 3 rings (SSSR count). The molecule has 1 heterocycles. The van der Waals surface area contributed by atoms with E-state index in [1.54, 1.807) is 11.3 Å². The molecule has 2 aliphatic carbocycles. The molecular formula is C12H14BrClOS. The van der Waals surface area contributed by atoms with Crippen LogP contribution in [0.25, 0.3) is 0 Å². The van der Waals surface area contributed by atoms with Crippen molar-refractivity contribution in [3.63, 3.8) is 0 Å². The number of halogens is 2. The Bertz CT molecular complexity index is 374. The number of rotatable bonds is 2. The van der Waals surface area contributed by atoms with Crippen molar-refractivity contribution in [2.24, 2.45) is 17.8 Å². The highest BCUT2D eigenvalue weighted by molar-refractivity contribution is 9.11. The van der Waals surface area contributed by atoms with E-state index >= 15 is 0 Å². The van der Waals surface area contributed by atoms with E-state index in [2.05, 4.69) is 15.9 Å². The molecule has 2 fully saturated rings. The second-order valence-electron chi connectivity index (χ2n) is 4.90. The first-order chi connectivity index (χ1) is 7.68. The van der Waals surface area contributed by atoms with Crippen molar-refractivity contribution in [2.45, 2.75) is 31.8 Å². The molecule has 2 aliphatic rings. The lowest BCUT2D eigenvalue weighted by atomic mass is 10.0. The Balaban J connectivity index is 1.76. The lowest BCUT2D eigenvalue weighted by molar-refractivity contribution is 0.146. The molecule has 0 spiro atoms. The third kappa shape index (κ3) is 1.86. The van der Waals surface area contributed by atoms with Gasteiger partial charge in [0, 0.05) is 4.88 Å².